The zero-order valence-electron chi connectivity index (χ0n) is 18.1. The number of aryl methyl sites for hydroxylation is 1. The van der Waals surface area contributed by atoms with E-state index in [4.69, 9.17) is 4.74 Å². The van der Waals surface area contributed by atoms with Gasteiger partial charge in [0, 0.05) is 19.0 Å². The number of hydrogen-bond donors (Lipinski definition) is 1. The standard InChI is InChI=1S/C22H28F2N2O4S/c1-5-20(16-8-11-21(30-3)15(2)13-16)25-22(27)7-6-12-26(31(4,28)29)17-9-10-18(23)19(24)14-17/h8-11,13-14,20H,5-7,12H2,1-4H3,(H,25,27)/t20-/m0/s1. The summed E-state index contributed by atoms with van der Waals surface area (Å²) in [6, 6.07) is 8.42. The van der Waals surface area contributed by atoms with Crippen molar-refractivity contribution in [3.63, 3.8) is 0 Å². The quantitative estimate of drug-likeness (QED) is 0.587. The molecule has 0 heterocycles. The van der Waals surface area contributed by atoms with Crippen LogP contribution in [0.15, 0.2) is 36.4 Å². The number of amides is 1. The highest BCUT2D eigenvalue weighted by Crippen LogP contribution is 2.25. The number of nitrogens with one attached hydrogen (secondary N) is 1. The first-order valence-corrected chi connectivity index (χ1v) is 11.8. The van der Waals surface area contributed by atoms with Crippen molar-refractivity contribution in [2.75, 3.05) is 24.2 Å². The van der Waals surface area contributed by atoms with E-state index in [1.165, 1.54) is 6.07 Å². The third kappa shape index (κ3) is 6.65. The third-order valence-corrected chi connectivity index (χ3v) is 6.12. The Kier molecular flexibility index (Phi) is 8.38. The molecule has 2 rings (SSSR count). The predicted molar refractivity (Wildman–Crippen MR) is 117 cm³/mol. The third-order valence-electron chi connectivity index (χ3n) is 4.92. The molecule has 0 fully saturated rings. The van der Waals surface area contributed by atoms with E-state index in [-0.39, 0.29) is 37.0 Å². The van der Waals surface area contributed by atoms with Gasteiger partial charge < -0.3 is 10.1 Å². The number of halogens is 2. The smallest absolute Gasteiger partial charge is 0.232 e. The molecule has 6 nitrogen and oxygen atoms in total. The lowest BCUT2D eigenvalue weighted by Gasteiger charge is -2.23. The van der Waals surface area contributed by atoms with Crippen LogP contribution in [0.4, 0.5) is 14.5 Å². The largest absolute Gasteiger partial charge is 0.496 e. The van der Waals surface area contributed by atoms with E-state index in [0.29, 0.717) is 6.42 Å². The number of benzene rings is 2. The summed E-state index contributed by atoms with van der Waals surface area (Å²) in [5.41, 5.74) is 1.93. The Labute approximate surface area is 182 Å². The van der Waals surface area contributed by atoms with Gasteiger partial charge in [0.2, 0.25) is 15.9 Å². The Hall–Kier alpha value is -2.68. The van der Waals surface area contributed by atoms with E-state index >= 15 is 0 Å². The van der Waals surface area contributed by atoms with Gasteiger partial charge in [-0.25, -0.2) is 17.2 Å². The van der Waals surface area contributed by atoms with Crippen LogP contribution in [-0.4, -0.2) is 34.2 Å². The van der Waals surface area contributed by atoms with E-state index in [2.05, 4.69) is 5.32 Å². The van der Waals surface area contributed by atoms with Gasteiger partial charge in [-0.1, -0.05) is 19.1 Å². The maximum absolute atomic E-state index is 13.5. The minimum Gasteiger partial charge on any atom is -0.496 e. The highest BCUT2D eigenvalue weighted by Gasteiger charge is 2.20. The average molecular weight is 455 g/mol. The normalized spacial score (nSPS) is 12.3. The zero-order valence-corrected chi connectivity index (χ0v) is 18.9. The summed E-state index contributed by atoms with van der Waals surface area (Å²) in [6.07, 6.45) is 1.96. The first kappa shape index (κ1) is 24.6. The number of carbonyl (C=O) groups is 1. The van der Waals surface area contributed by atoms with Gasteiger partial charge in [-0.05, 0) is 49.1 Å². The Morgan fingerprint density at radius 1 is 1.16 bits per heavy atom. The molecular formula is C22H28F2N2O4S. The van der Waals surface area contributed by atoms with E-state index in [9.17, 15) is 22.0 Å². The molecule has 1 atom stereocenters. The summed E-state index contributed by atoms with van der Waals surface area (Å²) < 4.78 is 57.1. The average Bonchev–Trinajstić information content (AvgIpc) is 2.70. The summed E-state index contributed by atoms with van der Waals surface area (Å²) in [7, 11) is -2.13. The van der Waals surface area contributed by atoms with Crippen molar-refractivity contribution in [2.24, 2.45) is 0 Å². The Morgan fingerprint density at radius 2 is 1.87 bits per heavy atom. The van der Waals surface area contributed by atoms with Gasteiger partial charge in [0.05, 0.1) is 25.1 Å². The Balaban J connectivity index is 2.01. The summed E-state index contributed by atoms with van der Waals surface area (Å²) in [6.45, 7) is 3.85. The number of methoxy groups -OCH3 is 1. The minimum atomic E-state index is -3.73. The van der Waals surface area contributed by atoms with Crippen molar-refractivity contribution in [3.05, 3.63) is 59.2 Å². The molecule has 0 aliphatic carbocycles. The van der Waals surface area contributed by atoms with Crippen molar-refractivity contribution in [2.45, 2.75) is 39.2 Å². The fraction of sp³-hybridized carbons (Fsp3) is 0.409. The molecule has 0 spiro atoms. The SMILES string of the molecule is CC[C@H](NC(=O)CCCN(c1ccc(F)c(F)c1)S(C)(=O)=O)c1ccc(OC)c(C)c1. The summed E-state index contributed by atoms with van der Waals surface area (Å²) >= 11 is 0. The van der Waals surface area contributed by atoms with Crippen LogP contribution in [0, 0.1) is 18.6 Å². The molecule has 2 aromatic carbocycles. The van der Waals surface area contributed by atoms with Crippen LogP contribution in [-0.2, 0) is 14.8 Å². The molecule has 1 N–H and O–H groups in total. The Bertz CT molecular complexity index is 1030. The van der Waals surface area contributed by atoms with Gasteiger partial charge in [-0.3, -0.25) is 9.10 Å². The van der Waals surface area contributed by atoms with Crippen molar-refractivity contribution in [3.8, 4) is 5.75 Å². The van der Waals surface area contributed by atoms with Gasteiger partial charge in [0.25, 0.3) is 0 Å². The van der Waals surface area contributed by atoms with E-state index in [0.717, 1.165) is 39.6 Å². The summed E-state index contributed by atoms with van der Waals surface area (Å²) in [4.78, 5) is 12.4. The molecule has 0 saturated carbocycles. The second-order valence-corrected chi connectivity index (χ2v) is 9.20. The van der Waals surface area contributed by atoms with E-state index < -0.39 is 21.7 Å². The molecule has 9 heteroatoms. The van der Waals surface area contributed by atoms with Crippen LogP contribution in [0.2, 0.25) is 0 Å². The van der Waals surface area contributed by atoms with E-state index in [1.54, 1.807) is 7.11 Å². The Morgan fingerprint density at radius 3 is 2.42 bits per heavy atom. The fourth-order valence-corrected chi connectivity index (χ4v) is 4.27. The van der Waals surface area contributed by atoms with Crippen molar-refractivity contribution >= 4 is 21.6 Å². The van der Waals surface area contributed by atoms with Crippen LogP contribution < -0.4 is 14.4 Å². The number of ether oxygens (including phenoxy) is 1. The first-order valence-electron chi connectivity index (χ1n) is 9.93. The molecule has 1 amide bonds. The zero-order chi connectivity index (χ0) is 23.2. The van der Waals surface area contributed by atoms with Crippen molar-refractivity contribution in [1.82, 2.24) is 5.32 Å². The molecule has 0 bridgehead atoms. The monoisotopic (exact) mass is 454 g/mol. The molecular weight excluding hydrogens is 426 g/mol. The topological polar surface area (TPSA) is 75.7 Å². The van der Waals surface area contributed by atoms with Crippen LogP contribution in [0.3, 0.4) is 0 Å². The maximum Gasteiger partial charge on any atom is 0.232 e. The fourth-order valence-electron chi connectivity index (χ4n) is 3.32. The lowest BCUT2D eigenvalue weighted by Crippen LogP contribution is -2.33. The molecule has 2 aromatic rings. The van der Waals surface area contributed by atoms with E-state index in [1.807, 2.05) is 32.0 Å². The van der Waals surface area contributed by atoms with Crippen LogP contribution >= 0.6 is 0 Å². The summed E-state index contributed by atoms with van der Waals surface area (Å²) in [5, 5.41) is 2.96. The number of carbonyl (C=O) groups excluding carboxylic acids is 1. The number of nitrogens with zero attached hydrogens (tertiary/aromatic N) is 1. The van der Waals surface area contributed by atoms with Crippen LogP contribution in [0.25, 0.3) is 0 Å². The number of rotatable bonds is 10. The first-order chi connectivity index (χ1) is 14.6. The molecule has 170 valence electrons. The number of sulfonamides is 1. The lowest BCUT2D eigenvalue weighted by molar-refractivity contribution is -0.121. The van der Waals surface area contributed by atoms with Crippen molar-refractivity contribution < 1.29 is 26.7 Å². The second kappa shape index (κ2) is 10.6. The lowest BCUT2D eigenvalue weighted by atomic mass is 10.0. The maximum atomic E-state index is 13.5. The van der Waals surface area contributed by atoms with Crippen molar-refractivity contribution in [1.29, 1.82) is 0 Å². The van der Waals surface area contributed by atoms with Gasteiger partial charge in [0.1, 0.15) is 5.75 Å². The van der Waals surface area contributed by atoms with Gasteiger partial charge >= 0.3 is 0 Å². The number of anilines is 1. The molecule has 0 saturated heterocycles. The highest BCUT2D eigenvalue weighted by atomic mass is 32.2. The molecule has 0 aromatic heterocycles. The predicted octanol–water partition coefficient (Wildman–Crippen LogP) is 4.10. The summed E-state index contributed by atoms with van der Waals surface area (Å²) in [5.74, 6) is -1.65. The number of hydrogen-bond acceptors (Lipinski definition) is 4. The minimum absolute atomic E-state index is 0.0157. The van der Waals surface area contributed by atoms with Gasteiger partial charge in [-0.2, -0.15) is 0 Å². The molecule has 0 radical (unpaired) electrons. The molecule has 31 heavy (non-hydrogen) atoms. The highest BCUT2D eigenvalue weighted by molar-refractivity contribution is 7.92. The van der Waals surface area contributed by atoms with Crippen LogP contribution in [0.5, 0.6) is 5.75 Å². The van der Waals surface area contributed by atoms with Gasteiger partial charge in [-0.15, -0.1) is 0 Å². The molecule has 0 aliphatic heterocycles. The molecule has 0 unspecified atom stereocenters. The second-order valence-electron chi connectivity index (χ2n) is 7.29. The van der Waals surface area contributed by atoms with Gasteiger partial charge in [0.15, 0.2) is 11.6 Å². The van der Waals surface area contributed by atoms with Crippen LogP contribution in [0.1, 0.15) is 43.4 Å². The molecule has 0 aliphatic rings.